The van der Waals surface area contributed by atoms with Crippen molar-refractivity contribution in [3.63, 3.8) is 0 Å². The van der Waals surface area contributed by atoms with Gasteiger partial charge in [0.15, 0.2) is 0 Å². The van der Waals surface area contributed by atoms with E-state index in [-0.39, 0.29) is 11.3 Å². The number of sulfonamides is 1. The van der Waals surface area contributed by atoms with Gasteiger partial charge in [-0.3, -0.25) is 0 Å². The highest BCUT2D eigenvalue weighted by molar-refractivity contribution is 7.90. The third-order valence-corrected chi connectivity index (χ3v) is 3.56. The van der Waals surface area contributed by atoms with Gasteiger partial charge in [0.1, 0.15) is 0 Å². The van der Waals surface area contributed by atoms with E-state index in [9.17, 15) is 8.42 Å². The normalized spacial score (nSPS) is 41.1. The molecule has 54 valence electrons. The van der Waals surface area contributed by atoms with E-state index in [1.807, 2.05) is 6.92 Å². The SMILES string of the molecule is CC1CC(C)S(=O)(=O)N1. The number of nitrogens with one attached hydrogen (secondary N) is 1. The summed E-state index contributed by atoms with van der Waals surface area (Å²) in [5.41, 5.74) is 0. The molecule has 0 saturated carbocycles. The summed E-state index contributed by atoms with van der Waals surface area (Å²) in [6, 6.07) is 0.130. The molecule has 0 aromatic heterocycles. The van der Waals surface area contributed by atoms with E-state index < -0.39 is 10.0 Å². The molecular weight excluding hydrogens is 138 g/mol. The van der Waals surface area contributed by atoms with Crippen molar-refractivity contribution < 1.29 is 8.42 Å². The van der Waals surface area contributed by atoms with Crippen molar-refractivity contribution in [3.05, 3.63) is 0 Å². The van der Waals surface area contributed by atoms with E-state index in [4.69, 9.17) is 0 Å². The first-order valence-electron chi connectivity index (χ1n) is 3.03. The molecule has 0 spiro atoms. The zero-order chi connectivity index (χ0) is 7.07. The molecule has 1 aliphatic rings. The summed E-state index contributed by atoms with van der Waals surface area (Å²) >= 11 is 0. The molecule has 1 aliphatic heterocycles. The van der Waals surface area contributed by atoms with Crippen molar-refractivity contribution in [2.75, 3.05) is 0 Å². The van der Waals surface area contributed by atoms with Crippen molar-refractivity contribution in [1.82, 2.24) is 4.72 Å². The van der Waals surface area contributed by atoms with E-state index in [1.165, 1.54) is 0 Å². The van der Waals surface area contributed by atoms with Crippen molar-refractivity contribution in [2.24, 2.45) is 0 Å². The van der Waals surface area contributed by atoms with Crippen molar-refractivity contribution in [3.8, 4) is 0 Å². The summed E-state index contributed by atoms with van der Waals surface area (Å²) in [5, 5.41) is -0.201. The second kappa shape index (κ2) is 1.95. The molecule has 1 fully saturated rings. The van der Waals surface area contributed by atoms with Gasteiger partial charge in [-0.15, -0.1) is 0 Å². The highest BCUT2D eigenvalue weighted by atomic mass is 32.2. The van der Waals surface area contributed by atoms with Crippen LogP contribution in [-0.4, -0.2) is 19.7 Å². The standard InChI is InChI=1S/C5H11NO2S/c1-4-3-5(2)9(7,8)6-4/h4-6H,3H2,1-2H3. The van der Waals surface area contributed by atoms with Gasteiger partial charge < -0.3 is 0 Å². The molecule has 1 heterocycles. The Labute approximate surface area is 55.5 Å². The number of hydrogen-bond donors (Lipinski definition) is 1. The Morgan fingerprint density at radius 2 is 2.00 bits per heavy atom. The molecule has 0 aromatic rings. The van der Waals surface area contributed by atoms with Gasteiger partial charge in [0.25, 0.3) is 0 Å². The largest absolute Gasteiger partial charge is 0.214 e. The summed E-state index contributed by atoms with van der Waals surface area (Å²) in [4.78, 5) is 0. The Balaban J connectivity index is 2.83. The predicted molar refractivity (Wildman–Crippen MR) is 35.6 cm³/mol. The molecular formula is C5H11NO2S. The molecule has 1 N–H and O–H groups in total. The van der Waals surface area contributed by atoms with Gasteiger partial charge >= 0.3 is 0 Å². The fraction of sp³-hybridized carbons (Fsp3) is 1.00. The van der Waals surface area contributed by atoms with Crippen LogP contribution in [0.15, 0.2) is 0 Å². The fourth-order valence-electron chi connectivity index (χ4n) is 1.07. The van der Waals surface area contributed by atoms with Gasteiger partial charge in [-0.2, -0.15) is 0 Å². The van der Waals surface area contributed by atoms with Crippen molar-refractivity contribution >= 4 is 10.0 Å². The lowest BCUT2D eigenvalue weighted by molar-refractivity contribution is 0.584. The summed E-state index contributed by atoms with van der Waals surface area (Å²) in [7, 11) is -2.92. The second-order valence-corrected chi connectivity index (χ2v) is 4.74. The van der Waals surface area contributed by atoms with Gasteiger partial charge in [0.05, 0.1) is 5.25 Å². The Kier molecular flexibility index (Phi) is 1.52. The van der Waals surface area contributed by atoms with Crippen molar-refractivity contribution in [2.45, 2.75) is 31.6 Å². The molecule has 2 atom stereocenters. The average Bonchev–Trinajstić information content (AvgIpc) is 1.79. The topological polar surface area (TPSA) is 46.2 Å². The molecule has 0 radical (unpaired) electrons. The third-order valence-electron chi connectivity index (χ3n) is 1.58. The average molecular weight is 149 g/mol. The monoisotopic (exact) mass is 149 g/mol. The highest BCUT2D eigenvalue weighted by Gasteiger charge is 2.31. The van der Waals surface area contributed by atoms with Gasteiger partial charge in [-0.25, -0.2) is 13.1 Å². The third kappa shape index (κ3) is 1.24. The summed E-state index contributed by atoms with van der Waals surface area (Å²) in [6.45, 7) is 3.60. The van der Waals surface area contributed by atoms with Crippen molar-refractivity contribution in [1.29, 1.82) is 0 Å². The Morgan fingerprint density at radius 3 is 2.11 bits per heavy atom. The summed E-state index contributed by atoms with van der Waals surface area (Å²) in [5.74, 6) is 0. The zero-order valence-corrected chi connectivity index (χ0v) is 6.40. The van der Waals surface area contributed by atoms with Gasteiger partial charge in [-0.1, -0.05) is 0 Å². The van der Waals surface area contributed by atoms with Crippen LogP contribution in [0.5, 0.6) is 0 Å². The number of hydrogen-bond acceptors (Lipinski definition) is 2. The van der Waals surface area contributed by atoms with Crippen LogP contribution in [-0.2, 0) is 10.0 Å². The Morgan fingerprint density at radius 1 is 1.44 bits per heavy atom. The molecule has 0 aliphatic carbocycles. The number of rotatable bonds is 0. The maximum absolute atomic E-state index is 10.9. The molecule has 0 aromatic carbocycles. The first-order chi connectivity index (χ1) is 4.02. The van der Waals surface area contributed by atoms with Crippen LogP contribution >= 0.6 is 0 Å². The fourth-order valence-corrected chi connectivity index (χ4v) is 2.50. The molecule has 0 amide bonds. The minimum atomic E-state index is -2.92. The first kappa shape index (κ1) is 7.02. The second-order valence-electron chi connectivity index (χ2n) is 2.61. The highest BCUT2D eigenvalue weighted by Crippen LogP contribution is 2.15. The predicted octanol–water partition coefficient (Wildman–Crippen LogP) is 0.0865. The molecule has 1 rings (SSSR count). The lowest BCUT2D eigenvalue weighted by Crippen LogP contribution is -2.24. The summed E-state index contributed by atoms with van der Waals surface area (Å²) in [6.07, 6.45) is 0.738. The molecule has 0 bridgehead atoms. The van der Waals surface area contributed by atoms with Crippen LogP contribution in [0.2, 0.25) is 0 Å². The molecule has 3 nitrogen and oxygen atoms in total. The van der Waals surface area contributed by atoms with Crippen LogP contribution in [0, 0.1) is 0 Å². The maximum Gasteiger partial charge on any atom is 0.214 e. The van der Waals surface area contributed by atoms with Gasteiger partial charge in [0.2, 0.25) is 10.0 Å². The van der Waals surface area contributed by atoms with Crippen LogP contribution in [0.4, 0.5) is 0 Å². The molecule has 2 unspecified atom stereocenters. The summed E-state index contributed by atoms with van der Waals surface area (Å²) < 4.78 is 24.2. The van der Waals surface area contributed by atoms with E-state index in [0.717, 1.165) is 6.42 Å². The molecule has 9 heavy (non-hydrogen) atoms. The Hall–Kier alpha value is -0.0900. The van der Waals surface area contributed by atoms with E-state index in [1.54, 1.807) is 6.92 Å². The van der Waals surface area contributed by atoms with Crippen LogP contribution < -0.4 is 4.72 Å². The van der Waals surface area contributed by atoms with Gasteiger partial charge in [-0.05, 0) is 20.3 Å². The molecule has 4 heteroatoms. The zero-order valence-electron chi connectivity index (χ0n) is 5.59. The van der Waals surface area contributed by atoms with E-state index in [0.29, 0.717) is 0 Å². The minimum absolute atomic E-state index is 0.130. The first-order valence-corrected chi connectivity index (χ1v) is 4.58. The maximum atomic E-state index is 10.9. The van der Waals surface area contributed by atoms with Gasteiger partial charge in [0, 0.05) is 6.04 Å². The van der Waals surface area contributed by atoms with Crippen LogP contribution in [0.3, 0.4) is 0 Å². The lowest BCUT2D eigenvalue weighted by Gasteiger charge is -1.96. The van der Waals surface area contributed by atoms with E-state index >= 15 is 0 Å². The van der Waals surface area contributed by atoms with Crippen LogP contribution in [0.25, 0.3) is 0 Å². The van der Waals surface area contributed by atoms with E-state index in [2.05, 4.69) is 4.72 Å². The lowest BCUT2D eigenvalue weighted by atomic mass is 10.2. The Bertz CT molecular complexity index is 197. The molecule has 1 saturated heterocycles. The smallest absolute Gasteiger partial charge is 0.212 e. The van der Waals surface area contributed by atoms with Crippen LogP contribution in [0.1, 0.15) is 20.3 Å². The quantitative estimate of drug-likeness (QED) is 0.530. The minimum Gasteiger partial charge on any atom is -0.212 e.